The van der Waals surface area contributed by atoms with Gasteiger partial charge in [-0.3, -0.25) is 4.79 Å². The summed E-state index contributed by atoms with van der Waals surface area (Å²) in [6, 6.07) is 3.67. The molecular weight excluding hydrogens is 314 g/mol. The molecule has 0 saturated heterocycles. The highest BCUT2D eigenvalue weighted by atomic mass is 16.5. The van der Waals surface area contributed by atoms with Crippen LogP contribution in [-0.2, 0) is 10.2 Å². The van der Waals surface area contributed by atoms with Crippen LogP contribution in [0.4, 0.5) is 0 Å². The van der Waals surface area contributed by atoms with E-state index in [2.05, 4.69) is 32.2 Å². The Kier molecular flexibility index (Phi) is 6.02. The van der Waals surface area contributed by atoms with E-state index in [0.29, 0.717) is 24.1 Å². The van der Waals surface area contributed by atoms with Gasteiger partial charge in [0.25, 0.3) is 0 Å². The third kappa shape index (κ3) is 4.68. The molecule has 1 amide bonds. The maximum atomic E-state index is 11.0. The Morgan fingerprint density at radius 2 is 2.04 bits per heavy atom. The number of hydrogen-bond acceptors (Lipinski definition) is 3. The van der Waals surface area contributed by atoms with Gasteiger partial charge in [-0.15, -0.1) is 0 Å². The smallest absolute Gasteiger partial charge is 0.207 e. The Labute approximate surface area is 152 Å². The first-order valence-corrected chi connectivity index (χ1v) is 9.46. The summed E-state index contributed by atoms with van der Waals surface area (Å²) in [5.74, 6) is 0.899. The SMILES string of the molecule is CCCCCCC(C)(C)c1cc(O)c2c(c1)OC(C)(C)CC2NC=O. The molecule has 2 N–H and O–H groups in total. The van der Waals surface area contributed by atoms with Gasteiger partial charge in [0, 0.05) is 6.42 Å². The molecule has 0 aromatic heterocycles. The van der Waals surface area contributed by atoms with E-state index >= 15 is 0 Å². The number of aromatic hydroxyl groups is 1. The number of phenolic OH excluding ortho intramolecular Hbond substituents is 1. The summed E-state index contributed by atoms with van der Waals surface area (Å²) in [6.07, 6.45) is 7.32. The summed E-state index contributed by atoms with van der Waals surface area (Å²) in [4.78, 5) is 11.0. The molecule has 1 aliphatic heterocycles. The summed E-state index contributed by atoms with van der Waals surface area (Å²) < 4.78 is 6.14. The van der Waals surface area contributed by atoms with Crippen molar-refractivity contribution < 1.29 is 14.6 Å². The quantitative estimate of drug-likeness (QED) is 0.514. The lowest BCUT2D eigenvalue weighted by Gasteiger charge is -2.38. The van der Waals surface area contributed by atoms with E-state index in [-0.39, 0.29) is 22.8 Å². The summed E-state index contributed by atoms with van der Waals surface area (Å²) in [5, 5.41) is 13.5. The van der Waals surface area contributed by atoms with Crippen LogP contribution in [0.25, 0.3) is 0 Å². The van der Waals surface area contributed by atoms with E-state index in [1.807, 2.05) is 19.9 Å². The molecule has 1 heterocycles. The van der Waals surface area contributed by atoms with Crippen molar-refractivity contribution in [2.75, 3.05) is 0 Å². The van der Waals surface area contributed by atoms with Gasteiger partial charge in [0.05, 0.1) is 11.6 Å². The number of benzene rings is 1. The Morgan fingerprint density at radius 1 is 1.32 bits per heavy atom. The molecule has 0 bridgehead atoms. The molecule has 1 aromatic rings. The van der Waals surface area contributed by atoms with Crippen molar-refractivity contribution in [3.8, 4) is 11.5 Å². The molecule has 1 aromatic carbocycles. The summed E-state index contributed by atoms with van der Waals surface area (Å²) in [6.45, 7) is 10.7. The Morgan fingerprint density at radius 3 is 2.68 bits per heavy atom. The number of nitrogens with one attached hydrogen (secondary N) is 1. The van der Waals surface area contributed by atoms with Crippen molar-refractivity contribution in [3.63, 3.8) is 0 Å². The molecule has 4 heteroatoms. The van der Waals surface area contributed by atoms with Crippen molar-refractivity contribution in [2.45, 2.75) is 90.2 Å². The molecule has 2 rings (SSSR count). The van der Waals surface area contributed by atoms with Gasteiger partial charge in [-0.25, -0.2) is 0 Å². The zero-order valence-electron chi connectivity index (χ0n) is 16.3. The fraction of sp³-hybridized carbons (Fsp3) is 0.667. The van der Waals surface area contributed by atoms with E-state index in [4.69, 9.17) is 4.74 Å². The van der Waals surface area contributed by atoms with Crippen molar-refractivity contribution >= 4 is 6.41 Å². The number of ether oxygens (including phenoxy) is 1. The summed E-state index contributed by atoms with van der Waals surface area (Å²) in [5.41, 5.74) is 1.36. The number of carbonyl (C=O) groups is 1. The van der Waals surface area contributed by atoms with Gasteiger partial charge >= 0.3 is 0 Å². The second kappa shape index (κ2) is 7.67. The zero-order chi connectivity index (χ0) is 18.7. The van der Waals surface area contributed by atoms with Gasteiger partial charge in [0.2, 0.25) is 6.41 Å². The molecule has 0 radical (unpaired) electrons. The fourth-order valence-corrected chi connectivity index (χ4v) is 3.73. The fourth-order valence-electron chi connectivity index (χ4n) is 3.73. The number of phenols is 1. The van der Waals surface area contributed by atoms with Crippen LogP contribution in [0.5, 0.6) is 11.5 Å². The molecule has 0 saturated carbocycles. The van der Waals surface area contributed by atoms with Crippen LogP contribution in [0.3, 0.4) is 0 Å². The highest BCUT2D eigenvalue weighted by molar-refractivity contribution is 5.56. The maximum Gasteiger partial charge on any atom is 0.207 e. The van der Waals surface area contributed by atoms with Gasteiger partial charge in [0.15, 0.2) is 0 Å². The number of carbonyl (C=O) groups excluding carboxylic acids is 1. The standard InChI is InChI=1S/C21H33NO3/c1-6-7-8-9-10-20(2,3)15-11-17(24)19-16(22-14-23)13-21(4,5)25-18(19)12-15/h11-12,14,16,24H,6-10,13H2,1-5H3,(H,22,23). The normalized spacial score (nSPS) is 19.0. The predicted molar refractivity (Wildman–Crippen MR) is 101 cm³/mol. The first-order chi connectivity index (χ1) is 11.7. The third-order valence-corrected chi connectivity index (χ3v) is 5.26. The molecule has 4 nitrogen and oxygen atoms in total. The van der Waals surface area contributed by atoms with Crippen LogP contribution in [-0.4, -0.2) is 17.1 Å². The van der Waals surface area contributed by atoms with Crippen molar-refractivity contribution in [1.29, 1.82) is 0 Å². The molecule has 25 heavy (non-hydrogen) atoms. The molecule has 0 fully saturated rings. The van der Waals surface area contributed by atoms with E-state index in [1.165, 1.54) is 25.7 Å². The topological polar surface area (TPSA) is 58.6 Å². The molecule has 0 spiro atoms. The summed E-state index contributed by atoms with van der Waals surface area (Å²) in [7, 11) is 0. The van der Waals surface area contributed by atoms with Gasteiger partial charge in [-0.05, 0) is 43.4 Å². The third-order valence-electron chi connectivity index (χ3n) is 5.26. The maximum absolute atomic E-state index is 11.0. The summed E-state index contributed by atoms with van der Waals surface area (Å²) >= 11 is 0. The minimum absolute atomic E-state index is 0.0290. The van der Waals surface area contributed by atoms with Gasteiger partial charge in [-0.2, -0.15) is 0 Å². The minimum Gasteiger partial charge on any atom is -0.507 e. The van der Waals surface area contributed by atoms with E-state index in [0.717, 1.165) is 12.0 Å². The highest BCUT2D eigenvalue weighted by Crippen LogP contribution is 2.46. The van der Waals surface area contributed by atoms with Crippen LogP contribution in [0.2, 0.25) is 0 Å². The number of hydrogen-bond donors (Lipinski definition) is 2. The minimum atomic E-state index is -0.385. The lowest BCUT2D eigenvalue weighted by molar-refractivity contribution is -0.110. The zero-order valence-corrected chi connectivity index (χ0v) is 16.3. The molecule has 140 valence electrons. The van der Waals surface area contributed by atoms with E-state index < -0.39 is 0 Å². The Bertz CT molecular complexity index is 607. The van der Waals surface area contributed by atoms with E-state index in [9.17, 15) is 9.90 Å². The number of rotatable bonds is 8. The van der Waals surface area contributed by atoms with Crippen LogP contribution in [0.1, 0.15) is 90.3 Å². The number of amides is 1. The molecule has 1 atom stereocenters. The van der Waals surface area contributed by atoms with Crippen LogP contribution < -0.4 is 10.1 Å². The van der Waals surface area contributed by atoms with Gasteiger partial charge < -0.3 is 15.2 Å². The first-order valence-electron chi connectivity index (χ1n) is 9.46. The lowest BCUT2D eigenvalue weighted by Crippen LogP contribution is -2.39. The Balaban J connectivity index is 2.31. The van der Waals surface area contributed by atoms with Crippen molar-refractivity contribution in [2.24, 2.45) is 0 Å². The molecule has 1 aliphatic rings. The molecule has 0 aliphatic carbocycles. The number of unbranched alkanes of at least 4 members (excludes halogenated alkanes) is 3. The van der Waals surface area contributed by atoms with Crippen LogP contribution >= 0.6 is 0 Å². The van der Waals surface area contributed by atoms with Crippen LogP contribution in [0, 0.1) is 0 Å². The van der Waals surface area contributed by atoms with Crippen molar-refractivity contribution in [1.82, 2.24) is 5.32 Å². The van der Waals surface area contributed by atoms with Crippen LogP contribution in [0.15, 0.2) is 12.1 Å². The first kappa shape index (κ1) is 19.6. The average Bonchev–Trinajstić information content (AvgIpc) is 2.50. The van der Waals surface area contributed by atoms with Gasteiger partial charge in [-0.1, -0.05) is 46.5 Å². The number of fused-ring (bicyclic) bond motifs is 1. The average molecular weight is 347 g/mol. The van der Waals surface area contributed by atoms with E-state index in [1.54, 1.807) is 0 Å². The highest BCUT2D eigenvalue weighted by Gasteiger charge is 2.37. The molecule has 1 unspecified atom stereocenters. The van der Waals surface area contributed by atoms with Crippen molar-refractivity contribution in [3.05, 3.63) is 23.3 Å². The second-order valence-corrected chi connectivity index (χ2v) is 8.50. The lowest BCUT2D eigenvalue weighted by atomic mass is 9.78. The Hall–Kier alpha value is -1.71. The molecular formula is C21H33NO3. The second-order valence-electron chi connectivity index (χ2n) is 8.50. The monoisotopic (exact) mass is 347 g/mol. The largest absolute Gasteiger partial charge is 0.507 e. The predicted octanol–water partition coefficient (Wildman–Crippen LogP) is 4.99. The van der Waals surface area contributed by atoms with Gasteiger partial charge in [0.1, 0.15) is 17.1 Å².